The Labute approximate surface area is 142 Å². The van der Waals surface area contributed by atoms with Crippen LogP contribution in [0.25, 0.3) is 0 Å². The van der Waals surface area contributed by atoms with E-state index in [4.69, 9.17) is 16.3 Å². The number of urea groups is 1. The lowest BCUT2D eigenvalue weighted by atomic mass is 9.96. The molecule has 0 spiro atoms. The molecule has 1 fully saturated rings. The fraction of sp³-hybridized carbons (Fsp3) is 0.467. The fourth-order valence-electron chi connectivity index (χ4n) is 2.37. The number of imide groups is 1. The van der Waals surface area contributed by atoms with Crippen molar-refractivity contribution < 1.29 is 14.3 Å². The summed E-state index contributed by atoms with van der Waals surface area (Å²) in [7, 11) is 0. The molecule has 0 bridgehead atoms. The van der Waals surface area contributed by atoms with Crippen LogP contribution in [0.3, 0.4) is 0 Å². The van der Waals surface area contributed by atoms with Gasteiger partial charge in [0.2, 0.25) is 0 Å². The number of hydrogen-bond acceptors (Lipinski definition) is 3. The molecule has 0 aliphatic heterocycles. The highest BCUT2D eigenvalue weighted by molar-refractivity contribution is 9.10. The summed E-state index contributed by atoms with van der Waals surface area (Å²) in [4.78, 5) is 23.4. The zero-order valence-corrected chi connectivity index (χ0v) is 14.4. The van der Waals surface area contributed by atoms with E-state index >= 15 is 0 Å². The average molecular weight is 390 g/mol. The predicted octanol–water partition coefficient (Wildman–Crippen LogP) is 3.64. The number of ether oxygens (including phenoxy) is 1. The zero-order chi connectivity index (χ0) is 15.9. The fourth-order valence-corrected chi connectivity index (χ4v) is 3.16. The SMILES string of the molecule is O=C(COc1ccc(Cl)cc1Br)NC(=O)NC1CCCCC1. The third-order valence-corrected chi connectivity index (χ3v) is 4.30. The largest absolute Gasteiger partial charge is 0.483 e. The summed E-state index contributed by atoms with van der Waals surface area (Å²) < 4.78 is 6.00. The highest BCUT2D eigenvalue weighted by Gasteiger charge is 2.17. The summed E-state index contributed by atoms with van der Waals surface area (Å²) in [6.07, 6.45) is 5.38. The summed E-state index contributed by atoms with van der Waals surface area (Å²) in [5.74, 6) is 0.00222. The Balaban J connectivity index is 1.73. The molecule has 0 aromatic heterocycles. The van der Waals surface area contributed by atoms with Crippen LogP contribution in [0.4, 0.5) is 4.79 Å². The molecule has 1 aliphatic rings. The van der Waals surface area contributed by atoms with Crippen LogP contribution in [0.2, 0.25) is 5.02 Å². The molecule has 1 aromatic carbocycles. The van der Waals surface area contributed by atoms with Gasteiger partial charge in [0.05, 0.1) is 4.47 Å². The van der Waals surface area contributed by atoms with E-state index in [1.165, 1.54) is 6.42 Å². The molecule has 2 N–H and O–H groups in total. The lowest BCUT2D eigenvalue weighted by Gasteiger charge is -2.22. The average Bonchev–Trinajstić information content (AvgIpc) is 2.47. The highest BCUT2D eigenvalue weighted by Crippen LogP contribution is 2.27. The highest BCUT2D eigenvalue weighted by atomic mass is 79.9. The summed E-state index contributed by atoms with van der Waals surface area (Å²) in [6.45, 7) is -0.238. The molecule has 3 amide bonds. The molecule has 0 atom stereocenters. The van der Waals surface area contributed by atoms with Crippen molar-refractivity contribution in [3.05, 3.63) is 27.7 Å². The Morgan fingerprint density at radius 3 is 2.68 bits per heavy atom. The van der Waals surface area contributed by atoms with Gasteiger partial charge in [-0.1, -0.05) is 30.9 Å². The predicted molar refractivity (Wildman–Crippen MR) is 88.2 cm³/mol. The van der Waals surface area contributed by atoms with Gasteiger partial charge in [0.15, 0.2) is 6.61 Å². The van der Waals surface area contributed by atoms with Gasteiger partial charge < -0.3 is 10.1 Å². The minimum absolute atomic E-state index is 0.160. The first-order chi connectivity index (χ1) is 10.5. The number of benzene rings is 1. The third kappa shape index (κ3) is 5.50. The quantitative estimate of drug-likeness (QED) is 0.826. The Morgan fingerprint density at radius 1 is 1.27 bits per heavy atom. The molecular weight excluding hydrogens is 372 g/mol. The number of amides is 3. The van der Waals surface area contributed by atoms with Gasteiger partial charge in [-0.2, -0.15) is 0 Å². The number of carbonyl (C=O) groups is 2. The molecule has 120 valence electrons. The normalized spacial score (nSPS) is 15.2. The minimum Gasteiger partial charge on any atom is -0.483 e. The van der Waals surface area contributed by atoms with E-state index in [1.54, 1.807) is 18.2 Å². The third-order valence-electron chi connectivity index (χ3n) is 3.45. The molecule has 7 heteroatoms. The number of hydrogen-bond donors (Lipinski definition) is 2. The standard InChI is InChI=1S/C15H18BrClN2O3/c16-12-8-10(17)6-7-13(12)22-9-14(20)19-15(21)18-11-4-2-1-3-5-11/h6-8,11H,1-5,9H2,(H2,18,19,20,21). The zero-order valence-electron chi connectivity index (χ0n) is 12.0. The van der Waals surface area contributed by atoms with E-state index in [1.807, 2.05) is 0 Å². The molecule has 2 rings (SSSR count). The van der Waals surface area contributed by atoms with Crippen molar-refractivity contribution in [3.63, 3.8) is 0 Å². The molecule has 1 saturated carbocycles. The van der Waals surface area contributed by atoms with Gasteiger partial charge in [-0.3, -0.25) is 10.1 Å². The molecule has 0 radical (unpaired) electrons. The van der Waals surface area contributed by atoms with Crippen molar-refractivity contribution in [2.24, 2.45) is 0 Å². The number of rotatable bonds is 4. The lowest BCUT2D eigenvalue weighted by molar-refractivity contribution is -0.122. The summed E-state index contributed by atoms with van der Waals surface area (Å²) in [6, 6.07) is 4.69. The van der Waals surface area contributed by atoms with E-state index in [0.717, 1.165) is 25.7 Å². The second-order valence-electron chi connectivity index (χ2n) is 5.22. The van der Waals surface area contributed by atoms with Crippen LogP contribution >= 0.6 is 27.5 Å². The van der Waals surface area contributed by atoms with E-state index < -0.39 is 11.9 Å². The summed E-state index contributed by atoms with van der Waals surface area (Å²) >= 11 is 9.12. The summed E-state index contributed by atoms with van der Waals surface area (Å²) in [5.41, 5.74) is 0. The van der Waals surface area contributed by atoms with E-state index in [-0.39, 0.29) is 12.6 Å². The van der Waals surface area contributed by atoms with Crippen LogP contribution in [0.5, 0.6) is 5.75 Å². The number of halogens is 2. The maximum Gasteiger partial charge on any atom is 0.321 e. The Kier molecular flexibility index (Phi) is 6.51. The smallest absolute Gasteiger partial charge is 0.321 e. The van der Waals surface area contributed by atoms with Crippen molar-refractivity contribution in [1.82, 2.24) is 10.6 Å². The Bertz CT molecular complexity index is 548. The van der Waals surface area contributed by atoms with Crippen LogP contribution in [-0.2, 0) is 4.79 Å². The Hall–Kier alpha value is -1.27. The molecule has 1 aliphatic carbocycles. The van der Waals surface area contributed by atoms with Crippen LogP contribution in [0.15, 0.2) is 22.7 Å². The number of carbonyl (C=O) groups excluding carboxylic acids is 2. The van der Waals surface area contributed by atoms with Crippen molar-refractivity contribution in [3.8, 4) is 5.75 Å². The maximum absolute atomic E-state index is 11.7. The van der Waals surface area contributed by atoms with Crippen molar-refractivity contribution in [1.29, 1.82) is 0 Å². The monoisotopic (exact) mass is 388 g/mol. The van der Waals surface area contributed by atoms with Crippen LogP contribution < -0.4 is 15.4 Å². The molecule has 22 heavy (non-hydrogen) atoms. The van der Waals surface area contributed by atoms with Crippen LogP contribution in [-0.4, -0.2) is 24.6 Å². The molecule has 5 nitrogen and oxygen atoms in total. The maximum atomic E-state index is 11.7. The summed E-state index contributed by atoms with van der Waals surface area (Å²) in [5, 5.41) is 5.65. The minimum atomic E-state index is -0.491. The van der Waals surface area contributed by atoms with Crippen molar-refractivity contribution >= 4 is 39.5 Å². The van der Waals surface area contributed by atoms with Gasteiger partial charge in [-0.15, -0.1) is 0 Å². The van der Waals surface area contributed by atoms with Gasteiger partial charge in [-0.05, 0) is 47.0 Å². The van der Waals surface area contributed by atoms with Gasteiger partial charge in [-0.25, -0.2) is 4.79 Å². The molecule has 0 saturated heterocycles. The molecule has 1 aromatic rings. The molecular formula is C15H18BrClN2O3. The van der Waals surface area contributed by atoms with Gasteiger partial charge in [0, 0.05) is 11.1 Å². The molecule has 0 unspecified atom stereocenters. The topological polar surface area (TPSA) is 67.4 Å². The van der Waals surface area contributed by atoms with Gasteiger partial charge in [0.25, 0.3) is 5.91 Å². The molecule has 0 heterocycles. The van der Waals surface area contributed by atoms with Crippen LogP contribution in [0, 0.1) is 0 Å². The number of nitrogens with one attached hydrogen (secondary N) is 2. The van der Waals surface area contributed by atoms with Crippen molar-refractivity contribution in [2.45, 2.75) is 38.1 Å². The van der Waals surface area contributed by atoms with E-state index in [9.17, 15) is 9.59 Å². The second kappa shape index (κ2) is 8.39. The first-order valence-corrected chi connectivity index (χ1v) is 8.40. The van der Waals surface area contributed by atoms with E-state index in [0.29, 0.717) is 15.2 Å². The van der Waals surface area contributed by atoms with Crippen molar-refractivity contribution in [2.75, 3.05) is 6.61 Å². The first kappa shape index (κ1) is 17.1. The Morgan fingerprint density at radius 2 is 2.00 bits per heavy atom. The first-order valence-electron chi connectivity index (χ1n) is 7.23. The van der Waals surface area contributed by atoms with E-state index in [2.05, 4.69) is 26.6 Å². The second-order valence-corrected chi connectivity index (χ2v) is 6.51. The van der Waals surface area contributed by atoms with Gasteiger partial charge in [0.1, 0.15) is 5.75 Å². The lowest BCUT2D eigenvalue weighted by Crippen LogP contribution is -2.46. The van der Waals surface area contributed by atoms with Gasteiger partial charge >= 0.3 is 6.03 Å². The van der Waals surface area contributed by atoms with Crippen LogP contribution in [0.1, 0.15) is 32.1 Å².